The quantitative estimate of drug-likeness (QED) is 0.596. The van der Waals surface area contributed by atoms with Crippen LogP contribution in [0, 0.1) is 5.41 Å². The minimum atomic E-state index is -0.917. The van der Waals surface area contributed by atoms with Crippen LogP contribution in [0.4, 0.5) is 0 Å². The molecular formula is C11H23NO4. The summed E-state index contributed by atoms with van der Waals surface area (Å²) < 4.78 is 4.80. The first kappa shape index (κ1) is 15.3. The SMILES string of the molecule is COCC(O)CNC(C)(C)C(C)(C)C(=O)O. The lowest BCUT2D eigenvalue weighted by molar-refractivity contribution is -0.151. The first-order chi connectivity index (χ1) is 7.15. The standard InChI is InChI=1S/C11H23NO4/c1-10(2,9(14)15)11(3,4)12-6-8(13)7-16-5/h8,12-13H,6-7H2,1-5H3,(H,14,15). The molecule has 0 aromatic rings. The number of ether oxygens (including phenoxy) is 1. The number of aliphatic hydroxyl groups is 1. The number of carboxylic acid groups (broad SMARTS) is 1. The predicted molar refractivity (Wildman–Crippen MR) is 61.4 cm³/mol. The largest absolute Gasteiger partial charge is 0.481 e. The third-order valence-electron chi connectivity index (χ3n) is 3.24. The van der Waals surface area contributed by atoms with Crippen LogP contribution in [0.5, 0.6) is 0 Å². The predicted octanol–water partition coefficient (Wildman–Crippen LogP) is 0.473. The Bertz CT molecular complexity index is 238. The lowest BCUT2D eigenvalue weighted by Crippen LogP contribution is -2.56. The van der Waals surface area contributed by atoms with Crippen molar-refractivity contribution >= 4 is 5.97 Å². The van der Waals surface area contributed by atoms with Crippen LogP contribution in [0.25, 0.3) is 0 Å². The number of carboxylic acids is 1. The van der Waals surface area contributed by atoms with Gasteiger partial charge in [-0.1, -0.05) is 0 Å². The van der Waals surface area contributed by atoms with Gasteiger partial charge >= 0.3 is 5.97 Å². The number of hydrogen-bond acceptors (Lipinski definition) is 4. The summed E-state index contributed by atoms with van der Waals surface area (Å²) in [5, 5.41) is 21.7. The van der Waals surface area contributed by atoms with Crippen LogP contribution in [0.15, 0.2) is 0 Å². The summed E-state index contributed by atoms with van der Waals surface area (Å²) in [6.45, 7) is 7.46. The fraction of sp³-hybridized carbons (Fsp3) is 0.909. The number of aliphatic carboxylic acids is 1. The Labute approximate surface area is 96.8 Å². The molecule has 5 nitrogen and oxygen atoms in total. The van der Waals surface area contributed by atoms with E-state index < -0.39 is 23.0 Å². The van der Waals surface area contributed by atoms with Gasteiger partial charge in [-0.05, 0) is 27.7 Å². The van der Waals surface area contributed by atoms with Crippen molar-refractivity contribution in [3.8, 4) is 0 Å². The van der Waals surface area contributed by atoms with Crippen molar-refractivity contribution in [1.29, 1.82) is 0 Å². The second-order valence-corrected chi connectivity index (χ2v) is 5.05. The molecule has 0 aromatic heterocycles. The van der Waals surface area contributed by atoms with E-state index in [0.717, 1.165) is 0 Å². The summed E-state index contributed by atoms with van der Waals surface area (Å²) in [6.07, 6.45) is -0.631. The topological polar surface area (TPSA) is 78.8 Å². The van der Waals surface area contributed by atoms with Gasteiger partial charge in [0.05, 0.1) is 18.1 Å². The monoisotopic (exact) mass is 233 g/mol. The normalized spacial score (nSPS) is 14.9. The van der Waals surface area contributed by atoms with E-state index >= 15 is 0 Å². The Morgan fingerprint density at radius 3 is 2.25 bits per heavy atom. The maximum absolute atomic E-state index is 11.1. The lowest BCUT2D eigenvalue weighted by Gasteiger charge is -2.39. The highest BCUT2D eigenvalue weighted by Gasteiger charge is 2.43. The van der Waals surface area contributed by atoms with Crippen molar-refractivity contribution in [2.24, 2.45) is 5.41 Å². The maximum Gasteiger partial charge on any atom is 0.310 e. The fourth-order valence-electron chi connectivity index (χ4n) is 1.11. The Hall–Kier alpha value is -0.650. The van der Waals surface area contributed by atoms with Crippen molar-refractivity contribution in [2.75, 3.05) is 20.3 Å². The Morgan fingerprint density at radius 1 is 1.38 bits per heavy atom. The highest BCUT2D eigenvalue weighted by Crippen LogP contribution is 2.30. The zero-order chi connectivity index (χ0) is 13.0. The molecule has 0 radical (unpaired) electrons. The van der Waals surface area contributed by atoms with Gasteiger partial charge in [-0.15, -0.1) is 0 Å². The lowest BCUT2D eigenvalue weighted by atomic mass is 9.74. The van der Waals surface area contributed by atoms with Gasteiger partial charge in [-0.25, -0.2) is 0 Å². The molecule has 0 bridgehead atoms. The molecule has 0 aliphatic heterocycles. The molecule has 0 heterocycles. The van der Waals surface area contributed by atoms with Gasteiger partial charge in [-0.2, -0.15) is 0 Å². The first-order valence-electron chi connectivity index (χ1n) is 5.30. The number of methoxy groups -OCH3 is 1. The van der Waals surface area contributed by atoms with E-state index in [-0.39, 0.29) is 6.61 Å². The second-order valence-electron chi connectivity index (χ2n) is 5.05. The third-order valence-corrected chi connectivity index (χ3v) is 3.24. The average molecular weight is 233 g/mol. The number of β-amino-alcohol motifs (C(OH)–C–C–N with tert-alkyl or cyclic N) is 1. The molecule has 0 rings (SSSR count). The summed E-state index contributed by atoms with van der Waals surface area (Å²) in [6, 6.07) is 0. The molecule has 0 spiro atoms. The van der Waals surface area contributed by atoms with E-state index in [1.54, 1.807) is 27.7 Å². The van der Waals surface area contributed by atoms with Gasteiger partial charge in [0.25, 0.3) is 0 Å². The van der Waals surface area contributed by atoms with E-state index in [1.807, 2.05) is 0 Å². The van der Waals surface area contributed by atoms with Crippen molar-refractivity contribution < 1.29 is 19.7 Å². The van der Waals surface area contributed by atoms with Crippen LogP contribution < -0.4 is 5.32 Å². The molecule has 0 fully saturated rings. The molecule has 0 aliphatic carbocycles. The third kappa shape index (κ3) is 3.73. The van der Waals surface area contributed by atoms with Gasteiger partial charge < -0.3 is 20.3 Å². The molecule has 0 aromatic carbocycles. The number of hydrogen-bond donors (Lipinski definition) is 3. The van der Waals surface area contributed by atoms with Gasteiger partial charge in [-0.3, -0.25) is 4.79 Å². The maximum atomic E-state index is 11.1. The molecule has 0 amide bonds. The molecule has 1 atom stereocenters. The van der Waals surface area contributed by atoms with E-state index in [0.29, 0.717) is 6.54 Å². The van der Waals surface area contributed by atoms with Crippen molar-refractivity contribution in [1.82, 2.24) is 5.32 Å². The van der Waals surface area contributed by atoms with Crippen molar-refractivity contribution in [2.45, 2.75) is 39.3 Å². The molecule has 3 N–H and O–H groups in total. The zero-order valence-electron chi connectivity index (χ0n) is 10.7. The molecule has 5 heteroatoms. The van der Waals surface area contributed by atoms with Gasteiger partial charge in [0.1, 0.15) is 0 Å². The number of rotatable bonds is 7. The Kier molecular flexibility index (Phi) is 5.38. The van der Waals surface area contributed by atoms with Crippen LogP contribution in [0.3, 0.4) is 0 Å². The van der Waals surface area contributed by atoms with Gasteiger partial charge in [0, 0.05) is 19.2 Å². The van der Waals surface area contributed by atoms with Crippen LogP contribution >= 0.6 is 0 Å². The smallest absolute Gasteiger partial charge is 0.310 e. The molecule has 0 aliphatic rings. The zero-order valence-corrected chi connectivity index (χ0v) is 10.7. The summed E-state index contributed by atoms with van der Waals surface area (Å²) in [4.78, 5) is 11.1. The molecule has 0 saturated carbocycles. The first-order valence-corrected chi connectivity index (χ1v) is 5.30. The van der Waals surface area contributed by atoms with Crippen LogP contribution in [0.2, 0.25) is 0 Å². The minimum absolute atomic E-state index is 0.233. The van der Waals surface area contributed by atoms with Crippen molar-refractivity contribution in [3.63, 3.8) is 0 Å². The molecule has 16 heavy (non-hydrogen) atoms. The van der Waals surface area contributed by atoms with E-state index in [2.05, 4.69) is 5.32 Å². The summed E-state index contributed by atoms with van der Waals surface area (Å²) in [5.41, 5.74) is -1.53. The highest BCUT2D eigenvalue weighted by atomic mass is 16.5. The Morgan fingerprint density at radius 2 is 1.88 bits per heavy atom. The number of aliphatic hydroxyl groups excluding tert-OH is 1. The van der Waals surface area contributed by atoms with Crippen LogP contribution in [-0.2, 0) is 9.53 Å². The molecule has 0 saturated heterocycles. The summed E-state index contributed by atoms with van der Waals surface area (Å²) in [5.74, 6) is -0.869. The number of carbonyl (C=O) groups is 1. The molecular weight excluding hydrogens is 210 g/mol. The summed E-state index contributed by atoms with van der Waals surface area (Å²) in [7, 11) is 1.51. The van der Waals surface area contributed by atoms with E-state index in [4.69, 9.17) is 9.84 Å². The Balaban J connectivity index is 4.40. The van der Waals surface area contributed by atoms with E-state index in [1.165, 1.54) is 7.11 Å². The fourth-order valence-corrected chi connectivity index (χ4v) is 1.11. The van der Waals surface area contributed by atoms with Gasteiger partial charge in [0.15, 0.2) is 0 Å². The van der Waals surface area contributed by atoms with Gasteiger partial charge in [0.2, 0.25) is 0 Å². The van der Waals surface area contributed by atoms with Crippen LogP contribution in [0.1, 0.15) is 27.7 Å². The van der Waals surface area contributed by atoms with Crippen molar-refractivity contribution in [3.05, 3.63) is 0 Å². The van der Waals surface area contributed by atoms with E-state index in [9.17, 15) is 9.90 Å². The summed E-state index contributed by atoms with van der Waals surface area (Å²) >= 11 is 0. The molecule has 1 unspecified atom stereocenters. The second kappa shape index (κ2) is 5.61. The molecule has 96 valence electrons. The van der Waals surface area contributed by atoms with Crippen LogP contribution in [-0.4, -0.2) is 48.1 Å². The minimum Gasteiger partial charge on any atom is -0.481 e. The number of nitrogens with one attached hydrogen (secondary N) is 1. The highest BCUT2D eigenvalue weighted by molar-refractivity contribution is 5.75. The average Bonchev–Trinajstić information content (AvgIpc) is 2.15.